The molecule has 27 heavy (non-hydrogen) atoms. The van der Waals surface area contributed by atoms with Crippen molar-refractivity contribution in [2.75, 3.05) is 18.1 Å². The van der Waals surface area contributed by atoms with Gasteiger partial charge < -0.3 is 10.1 Å². The zero-order valence-electron chi connectivity index (χ0n) is 15.6. The van der Waals surface area contributed by atoms with Crippen molar-refractivity contribution in [1.29, 1.82) is 0 Å². The normalized spacial score (nSPS) is 24.5. The molecule has 7 nitrogen and oxygen atoms in total. The van der Waals surface area contributed by atoms with Gasteiger partial charge in [0.25, 0.3) is 17.6 Å². The first-order chi connectivity index (χ1) is 12.9. The fraction of sp³-hybridized carbons (Fsp3) is 0.500. The number of hydrogen-bond donors (Lipinski definition) is 1. The minimum absolute atomic E-state index is 0.0876. The molecular formula is C20H24N2O5. The van der Waals surface area contributed by atoms with E-state index >= 15 is 0 Å². The van der Waals surface area contributed by atoms with E-state index in [0.717, 1.165) is 24.2 Å². The van der Waals surface area contributed by atoms with Crippen LogP contribution < -0.4 is 10.2 Å². The van der Waals surface area contributed by atoms with Crippen LogP contribution in [-0.2, 0) is 19.1 Å². The lowest BCUT2D eigenvalue weighted by molar-refractivity contribution is -0.147. The van der Waals surface area contributed by atoms with Gasteiger partial charge in [0.15, 0.2) is 6.61 Å². The van der Waals surface area contributed by atoms with Crippen LogP contribution in [0.15, 0.2) is 24.3 Å². The standard InChI is InChI=1S/C20H24N2O5/c1-12-6-5-8-15(13(12)2)21-17(23)11-27-18(24)10-22-16-9-4-3-7-14(16)19(25)20(22)26/h3-4,7,9,12-13,15H,5-6,8,10-11H2,1-2H3,(H,21,23)/t12-,13-,15-/m1/s1. The SMILES string of the molecule is C[C@@H]1[C@H](C)CCC[C@H]1NC(=O)COC(=O)CN1C(=O)C(=O)c2ccccc21. The molecule has 0 spiro atoms. The number of carbonyl (C=O) groups excluding carboxylic acids is 4. The molecule has 1 saturated carbocycles. The topological polar surface area (TPSA) is 92.8 Å². The Morgan fingerprint density at radius 3 is 2.70 bits per heavy atom. The van der Waals surface area contributed by atoms with Crippen LogP contribution in [0.1, 0.15) is 43.5 Å². The van der Waals surface area contributed by atoms with Gasteiger partial charge in [-0.2, -0.15) is 0 Å². The first kappa shape index (κ1) is 19.1. The van der Waals surface area contributed by atoms with Crippen molar-refractivity contribution in [3.8, 4) is 0 Å². The Kier molecular flexibility index (Phi) is 5.58. The van der Waals surface area contributed by atoms with Crippen LogP contribution in [0.25, 0.3) is 0 Å². The average Bonchev–Trinajstić information content (AvgIpc) is 2.89. The molecule has 2 aliphatic rings. The van der Waals surface area contributed by atoms with Gasteiger partial charge in [0.1, 0.15) is 6.54 Å². The third-order valence-electron chi connectivity index (χ3n) is 5.58. The van der Waals surface area contributed by atoms with Crippen molar-refractivity contribution in [3.63, 3.8) is 0 Å². The summed E-state index contributed by atoms with van der Waals surface area (Å²) in [7, 11) is 0. The number of anilines is 1. The van der Waals surface area contributed by atoms with Crippen LogP contribution in [0.3, 0.4) is 0 Å². The number of Topliss-reactive ketones (excluding diaryl/α,β-unsaturated/α-hetero) is 1. The molecule has 144 valence electrons. The third kappa shape index (κ3) is 4.02. The number of ketones is 1. The molecule has 1 aliphatic carbocycles. The summed E-state index contributed by atoms with van der Waals surface area (Å²) >= 11 is 0. The number of rotatable bonds is 5. The molecule has 0 bridgehead atoms. The summed E-state index contributed by atoms with van der Waals surface area (Å²) in [6.07, 6.45) is 3.15. The summed E-state index contributed by atoms with van der Waals surface area (Å²) in [6, 6.07) is 6.57. The van der Waals surface area contributed by atoms with E-state index in [9.17, 15) is 19.2 Å². The van der Waals surface area contributed by atoms with E-state index in [4.69, 9.17) is 4.74 Å². The van der Waals surface area contributed by atoms with Crippen molar-refractivity contribution in [3.05, 3.63) is 29.8 Å². The van der Waals surface area contributed by atoms with Crippen LogP contribution in [0, 0.1) is 11.8 Å². The highest BCUT2D eigenvalue weighted by Crippen LogP contribution is 2.29. The molecule has 1 fully saturated rings. The van der Waals surface area contributed by atoms with Gasteiger partial charge in [0.05, 0.1) is 11.3 Å². The second-order valence-electron chi connectivity index (χ2n) is 7.34. The van der Waals surface area contributed by atoms with Crippen molar-refractivity contribution < 1.29 is 23.9 Å². The number of nitrogens with one attached hydrogen (secondary N) is 1. The number of amides is 2. The van der Waals surface area contributed by atoms with E-state index in [1.807, 2.05) is 0 Å². The Balaban J connectivity index is 1.51. The van der Waals surface area contributed by atoms with E-state index in [0.29, 0.717) is 17.5 Å². The molecule has 0 radical (unpaired) electrons. The lowest BCUT2D eigenvalue weighted by atomic mass is 9.78. The van der Waals surface area contributed by atoms with Gasteiger partial charge in [-0.15, -0.1) is 0 Å². The number of ether oxygens (including phenoxy) is 1. The maximum Gasteiger partial charge on any atom is 0.326 e. The van der Waals surface area contributed by atoms with Gasteiger partial charge in [0, 0.05) is 6.04 Å². The molecule has 1 heterocycles. The molecule has 1 aromatic carbocycles. The van der Waals surface area contributed by atoms with Gasteiger partial charge in [-0.25, -0.2) is 0 Å². The zero-order valence-corrected chi connectivity index (χ0v) is 15.6. The fourth-order valence-electron chi connectivity index (χ4n) is 3.76. The summed E-state index contributed by atoms with van der Waals surface area (Å²) < 4.78 is 5.01. The van der Waals surface area contributed by atoms with Crippen LogP contribution >= 0.6 is 0 Å². The quantitative estimate of drug-likeness (QED) is 0.627. The van der Waals surface area contributed by atoms with Gasteiger partial charge in [-0.3, -0.25) is 24.1 Å². The highest BCUT2D eigenvalue weighted by Gasteiger charge is 2.37. The third-order valence-corrected chi connectivity index (χ3v) is 5.58. The van der Waals surface area contributed by atoms with E-state index < -0.39 is 30.8 Å². The highest BCUT2D eigenvalue weighted by molar-refractivity contribution is 6.52. The average molecular weight is 372 g/mol. The van der Waals surface area contributed by atoms with E-state index in [-0.39, 0.29) is 17.5 Å². The maximum atomic E-state index is 12.1. The number of esters is 1. The number of para-hydroxylation sites is 1. The Hall–Kier alpha value is -2.70. The lowest BCUT2D eigenvalue weighted by Gasteiger charge is -2.34. The molecule has 3 atom stereocenters. The Labute approximate surface area is 158 Å². The van der Waals surface area contributed by atoms with E-state index in [1.54, 1.807) is 24.3 Å². The molecule has 0 saturated heterocycles. The van der Waals surface area contributed by atoms with Crippen molar-refractivity contribution in [1.82, 2.24) is 5.32 Å². The molecule has 1 aromatic rings. The number of benzene rings is 1. The maximum absolute atomic E-state index is 12.1. The predicted molar refractivity (Wildman–Crippen MR) is 98.2 cm³/mol. The first-order valence-corrected chi connectivity index (χ1v) is 9.28. The zero-order chi connectivity index (χ0) is 19.6. The summed E-state index contributed by atoms with van der Waals surface area (Å²) in [6.45, 7) is 3.50. The van der Waals surface area contributed by atoms with Crippen molar-refractivity contribution >= 4 is 29.3 Å². The smallest absolute Gasteiger partial charge is 0.326 e. The van der Waals surface area contributed by atoms with Crippen molar-refractivity contribution in [2.24, 2.45) is 11.8 Å². The summed E-state index contributed by atoms with van der Waals surface area (Å²) in [5.74, 6) is -1.56. The highest BCUT2D eigenvalue weighted by atomic mass is 16.5. The molecule has 0 unspecified atom stereocenters. The summed E-state index contributed by atoms with van der Waals surface area (Å²) in [5, 5.41) is 2.93. The monoisotopic (exact) mass is 372 g/mol. The van der Waals surface area contributed by atoms with Crippen molar-refractivity contribution in [2.45, 2.75) is 39.2 Å². The largest absolute Gasteiger partial charge is 0.454 e. The molecule has 3 rings (SSSR count). The van der Waals surface area contributed by atoms with Crippen LogP contribution in [0.5, 0.6) is 0 Å². The molecule has 2 amide bonds. The number of nitrogens with zero attached hydrogens (tertiary/aromatic N) is 1. The van der Waals surface area contributed by atoms with E-state index in [1.165, 1.54) is 0 Å². The second-order valence-corrected chi connectivity index (χ2v) is 7.34. The Bertz CT molecular complexity index is 775. The number of fused-ring (bicyclic) bond motifs is 1. The molecule has 1 N–H and O–H groups in total. The fourth-order valence-corrected chi connectivity index (χ4v) is 3.76. The lowest BCUT2D eigenvalue weighted by Crippen LogP contribution is -2.45. The Morgan fingerprint density at radius 1 is 1.19 bits per heavy atom. The summed E-state index contributed by atoms with van der Waals surface area (Å²) in [4.78, 5) is 49.2. The second kappa shape index (κ2) is 7.90. The van der Waals surface area contributed by atoms with Crippen LogP contribution in [-0.4, -0.2) is 42.8 Å². The van der Waals surface area contributed by atoms with Crippen LogP contribution in [0.4, 0.5) is 5.69 Å². The van der Waals surface area contributed by atoms with Crippen LogP contribution in [0.2, 0.25) is 0 Å². The minimum atomic E-state index is -0.761. The molecule has 1 aliphatic heterocycles. The number of carbonyl (C=O) groups is 4. The molecule has 0 aromatic heterocycles. The summed E-state index contributed by atoms with van der Waals surface area (Å²) in [5.41, 5.74) is 0.660. The van der Waals surface area contributed by atoms with Gasteiger partial charge in [-0.05, 0) is 30.4 Å². The molecule has 7 heteroatoms. The van der Waals surface area contributed by atoms with Gasteiger partial charge >= 0.3 is 5.97 Å². The molecular weight excluding hydrogens is 348 g/mol. The van der Waals surface area contributed by atoms with Gasteiger partial charge in [-0.1, -0.05) is 38.8 Å². The van der Waals surface area contributed by atoms with Gasteiger partial charge in [0.2, 0.25) is 0 Å². The predicted octanol–water partition coefficient (Wildman–Crippen LogP) is 1.70. The number of hydrogen-bond acceptors (Lipinski definition) is 5. The Morgan fingerprint density at radius 2 is 1.93 bits per heavy atom. The first-order valence-electron chi connectivity index (χ1n) is 9.28. The van der Waals surface area contributed by atoms with E-state index in [2.05, 4.69) is 19.2 Å². The minimum Gasteiger partial charge on any atom is -0.454 e.